The van der Waals surface area contributed by atoms with Crippen molar-refractivity contribution in [1.82, 2.24) is 15.5 Å². The summed E-state index contributed by atoms with van der Waals surface area (Å²) in [6.45, 7) is 7.99. The van der Waals surface area contributed by atoms with Crippen LogP contribution in [0.15, 0.2) is 4.99 Å². The summed E-state index contributed by atoms with van der Waals surface area (Å²) in [7, 11) is 0. The average molecular weight is 483 g/mol. The van der Waals surface area contributed by atoms with Crippen LogP contribution in [0.5, 0.6) is 0 Å². The van der Waals surface area contributed by atoms with Crippen molar-refractivity contribution >= 4 is 41.7 Å². The van der Waals surface area contributed by atoms with E-state index in [0.717, 1.165) is 24.3 Å². The minimum absolute atomic E-state index is 0. The van der Waals surface area contributed by atoms with Gasteiger partial charge in [0.25, 0.3) is 0 Å². The van der Waals surface area contributed by atoms with Crippen molar-refractivity contribution in [1.29, 1.82) is 0 Å². The first-order chi connectivity index (χ1) is 11.8. The van der Waals surface area contributed by atoms with Crippen LogP contribution in [0.25, 0.3) is 0 Å². The van der Waals surface area contributed by atoms with Crippen molar-refractivity contribution in [2.75, 3.05) is 39.0 Å². The van der Waals surface area contributed by atoms with Crippen molar-refractivity contribution in [3.05, 3.63) is 0 Å². The standard InChI is InChI=1S/C19H38N4S.HI/c1-3-20-19(22-17-10-11-18(16-17)24-2)21-12-6-4-7-13-23-14-8-5-9-15-23;/h17-18H,3-16H2,1-2H3,(H2,20,21,22);1H. The maximum atomic E-state index is 4.79. The summed E-state index contributed by atoms with van der Waals surface area (Å²) in [5, 5.41) is 7.88. The molecule has 2 aliphatic rings. The van der Waals surface area contributed by atoms with Gasteiger partial charge in [0.1, 0.15) is 0 Å². The van der Waals surface area contributed by atoms with Crippen LogP contribution in [0.1, 0.15) is 64.7 Å². The second kappa shape index (κ2) is 14.4. The number of guanidine groups is 1. The molecule has 0 aromatic carbocycles. The summed E-state index contributed by atoms with van der Waals surface area (Å²) in [5.74, 6) is 1.03. The third kappa shape index (κ3) is 9.70. The van der Waals surface area contributed by atoms with Crippen LogP contribution in [0, 0.1) is 0 Å². The highest BCUT2D eigenvalue weighted by Gasteiger charge is 2.24. The summed E-state index contributed by atoms with van der Waals surface area (Å²) < 4.78 is 0. The average Bonchev–Trinajstić information content (AvgIpc) is 3.06. The number of rotatable bonds is 9. The van der Waals surface area contributed by atoms with E-state index in [9.17, 15) is 0 Å². The predicted octanol–water partition coefficient (Wildman–Crippen LogP) is 4.10. The lowest BCUT2D eigenvalue weighted by Gasteiger charge is -2.26. The molecule has 0 radical (unpaired) electrons. The Labute approximate surface area is 176 Å². The van der Waals surface area contributed by atoms with Gasteiger partial charge in [-0.05, 0) is 77.8 Å². The minimum Gasteiger partial charge on any atom is -0.357 e. The molecule has 148 valence electrons. The van der Waals surface area contributed by atoms with Gasteiger partial charge < -0.3 is 15.5 Å². The third-order valence-electron chi connectivity index (χ3n) is 5.25. The highest BCUT2D eigenvalue weighted by Crippen LogP contribution is 2.28. The van der Waals surface area contributed by atoms with Gasteiger partial charge in [-0.2, -0.15) is 11.8 Å². The number of thioether (sulfide) groups is 1. The second-order valence-electron chi connectivity index (χ2n) is 7.24. The number of hydrogen-bond acceptors (Lipinski definition) is 3. The van der Waals surface area contributed by atoms with Gasteiger partial charge in [0.2, 0.25) is 0 Å². The summed E-state index contributed by atoms with van der Waals surface area (Å²) in [6, 6.07) is 0.611. The number of nitrogens with zero attached hydrogens (tertiary/aromatic N) is 2. The van der Waals surface area contributed by atoms with Crippen molar-refractivity contribution in [3.63, 3.8) is 0 Å². The summed E-state index contributed by atoms with van der Waals surface area (Å²) >= 11 is 2.01. The van der Waals surface area contributed by atoms with Gasteiger partial charge in [-0.25, -0.2) is 0 Å². The largest absolute Gasteiger partial charge is 0.357 e. The lowest BCUT2D eigenvalue weighted by molar-refractivity contribution is 0.224. The van der Waals surface area contributed by atoms with Gasteiger partial charge in [0.15, 0.2) is 5.96 Å². The Morgan fingerprint density at radius 3 is 2.60 bits per heavy atom. The van der Waals surface area contributed by atoms with Crippen LogP contribution < -0.4 is 10.6 Å². The molecule has 0 aromatic rings. The Morgan fingerprint density at radius 2 is 1.92 bits per heavy atom. The predicted molar refractivity (Wildman–Crippen MR) is 124 cm³/mol. The molecule has 1 aliphatic carbocycles. The molecule has 6 heteroatoms. The zero-order valence-corrected chi connectivity index (χ0v) is 19.4. The number of hydrogen-bond donors (Lipinski definition) is 2. The summed E-state index contributed by atoms with van der Waals surface area (Å²) in [5.41, 5.74) is 0. The maximum absolute atomic E-state index is 4.79. The van der Waals surface area contributed by atoms with Crippen LogP contribution in [0.2, 0.25) is 0 Å². The first-order valence-electron chi connectivity index (χ1n) is 10.1. The van der Waals surface area contributed by atoms with E-state index in [-0.39, 0.29) is 24.0 Å². The van der Waals surface area contributed by atoms with Crippen LogP contribution in [-0.4, -0.2) is 61.1 Å². The first kappa shape index (κ1) is 23.3. The van der Waals surface area contributed by atoms with Gasteiger partial charge in [0.05, 0.1) is 0 Å². The molecule has 0 amide bonds. The van der Waals surface area contributed by atoms with Gasteiger partial charge in [-0.1, -0.05) is 12.8 Å². The number of nitrogens with one attached hydrogen (secondary N) is 2. The maximum Gasteiger partial charge on any atom is 0.191 e. The zero-order valence-electron chi connectivity index (χ0n) is 16.3. The van der Waals surface area contributed by atoms with E-state index in [1.165, 1.54) is 77.4 Å². The molecule has 0 spiro atoms. The number of aliphatic imine (C=N–C) groups is 1. The van der Waals surface area contributed by atoms with Gasteiger partial charge >= 0.3 is 0 Å². The highest BCUT2D eigenvalue weighted by molar-refractivity contribution is 14.0. The quantitative estimate of drug-likeness (QED) is 0.225. The second-order valence-corrected chi connectivity index (χ2v) is 8.37. The molecule has 1 heterocycles. The summed E-state index contributed by atoms with van der Waals surface area (Å²) in [6.07, 6.45) is 14.2. The molecule has 1 saturated heterocycles. The van der Waals surface area contributed by atoms with Crippen molar-refractivity contribution in [2.24, 2.45) is 4.99 Å². The number of halogens is 1. The minimum atomic E-state index is 0. The van der Waals surface area contributed by atoms with E-state index in [1.807, 2.05) is 11.8 Å². The molecule has 0 aromatic heterocycles. The van der Waals surface area contributed by atoms with Crippen molar-refractivity contribution in [3.8, 4) is 0 Å². The molecule has 2 rings (SSSR count). The number of piperidine rings is 1. The van der Waals surface area contributed by atoms with E-state index in [2.05, 4.69) is 28.7 Å². The first-order valence-corrected chi connectivity index (χ1v) is 11.4. The fourth-order valence-electron chi connectivity index (χ4n) is 3.80. The molecular weight excluding hydrogens is 443 g/mol. The van der Waals surface area contributed by atoms with E-state index in [1.54, 1.807) is 0 Å². The Bertz CT molecular complexity index is 361. The molecule has 2 atom stereocenters. The van der Waals surface area contributed by atoms with E-state index in [4.69, 9.17) is 4.99 Å². The van der Waals surface area contributed by atoms with Crippen LogP contribution in [0.3, 0.4) is 0 Å². The fourth-order valence-corrected chi connectivity index (χ4v) is 4.59. The van der Waals surface area contributed by atoms with E-state index in [0.29, 0.717) is 6.04 Å². The Kier molecular flexibility index (Phi) is 13.4. The smallest absolute Gasteiger partial charge is 0.191 e. The van der Waals surface area contributed by atoms with Gasteiger partial charge in [-0.15, -0.1) is 24.0 Å². The Hall–Kier alpha value is 0.310. The van der Waals surface area contributed by atoms with Crippen LogP contribution >= 0.6 is 35.7 Å². The number of unbranched alkanes of at least 4 members (excludes halogenated alkanes) is 2. The zero-order chi connectivity index (χ0) is 17.0. The van der Waals surface area contributed by atoms with Crippen molar-refractivity contribution < 1.29 is 0 Å². The molecule has 4 nitrogen and oxygen atoms in total. The molecule has 25 heavy (non-hydrogen) atoms. The highest BCUT2D eigenvalue weighted by atomic mass is 127. The third-order valence-corrected chi connectivity index (χ3v) is 6.35. The van der Waals surface area contributed by atoms with Gasteiger partial charge in [0, 0.05) is 24.4 Å². The number of likely N-dealkylation sites (tertiary alicyclic amines) is 1. The summed E-state index contributed by atoms with van der Waals surface area (Å²) in [4.78, 5) is 7.43. The van der Waals surface area contributed by atoms with Crippen LogP contribution in [-0.2, 0) is 0 Å². The van der Waals surface area contributed by atoms with E-state index >= 15 is 0 Å². The normalized spacial score (nSPS) is 24.8. The fraction of sp³-hybridized carbons (Fsp3) is 0.947. The molecule has 1 aliphatic heterocycles. The lowest BCUT2D eigenvalue weighted by atomic mass is 10.1. The molecule has 1 saturated carbocycles. The van der Waals surface area contributed by atoms with Gasteiger partial charge in [-0.3, -0.25) is 4.99 Å². The van der Waals surface area contributed by atoms with Crippen molar-refractivity contribution in [2.45, 2.75) is 76.0 Å². The van der Waals surface area contributed by atoms with E-state index < -0.39 is 0 Å². The lowest BCUT2D eigenvalue weighted by Crippen LogP contribution is -2.42. The SMILES string of the molecule is CCNC(=NCCCCCN1CCCCC1)NC1CCC(SC)C1.I. The Morgan fingerprint density at radius 1 is 1.12 bits per heavy atom. The monoisotopic (exact) mass is 482 g/mol. The molecule has 2 unspecified atom stereocenters. The topological polar surface area (TPSA) is 39.7 Å². The molecule has 2 fully saturated rings. The van der Waals surface area contributed by atoms with Crippen LogP contribution in [0.4, 0.5) is 0 Å². The molecular formula is C19H39IN4S. The molecule has 2 N–H and O–H groups in total. The molecule has 0 bridgehead atoms. The Balaban J connectivity index is 0.00000312.